The summed E-state index contributed by atoms with van der Waals surface area (Å²) in [6.07, 6.45) is 1.90. The number of nitrogens with zero attached hydrogens (tertiary/aromatic N) is 2. The van der Waals surface area contributed by atoms with Crippen LogP contribution in [0.1, 0.15) is 11.1 Å². The van der Waals surface area contributed by atoms with Gasteiger partial charge in [-0.15, -0.1) is 0 Å². The molecule has 0 spiro atoms. The Bertz CT molecular complexity index is 316. The van der Waals surface area contributed by atoms with Crippen molar-refractivity contribution in [1.29, 1.82) is 0 Å². The Morgan fingerprint density at radius 2 is 2.00 bits per heavy atom. The first kappa shape index (κ1) is 9.46. The summed E-state index contributed by atoms with van der Waals surface area (Å²) in [5.74, 6) is 1.16. The van der Waals surface area contributed by atoms with Gasteiger partial charge in [0.25, 0.3) is 0 Å². The van der Waals surface area contributed by atoms with Gasteiger partial charge in [0.05, 0.1) is 0 Å². The highest BCUT2D eigenvalue weighted by Gasteiger charge is 2.13. The molecule has 0 unspecified atom stereocenters. The Labute approximate surface area is 85.1 Å². The zero-order valence-corrected chi connectivity index (χ0v) is 8.88. The highest BCUT2D eigenvalue weighted by Crippen LogP contribution is 2.19. The van der Waals surface area contributed by atoms with Crippen molar-refractivity contribution < 1.29 is 0 Å². The molecular formula is C11H17N3. The molecule has 0 aliphatic carbocycles. The molecule has 14 heavy (non-hydrogen) atoms. The molecule has 3 heteroatoms. The number of hydrogen-bond donors (Lipinski definition) is 1. The number of pyridine rings is 1. The quantitative estimate of drug-likeness (QED) is 0.720. The molecule has 0 radical (unpaired) electrons. The van der Waals surface area contributed by atoms with Crippen LogP contribution in [0.25, 0.3) is 0 Å². The SMILES string of the molecule is Cc1ccnc(N2CCNCC2)c1C. The van der Waals surface area contributed by atoms with Crippen LogP contribution in [0.4, 0.5) is 5.82 Å². The molecule has 3 nitrogen and oxygen atoms in total. The zero-order chi connectivity index (χ0) is 9.97. The van der Waals surface area contributed by atoms with Crippen LogP contribution in [-0.4, -0.2) is 31.2 Å². The monoisotopic (exact) mass is 191 g/mol. The van der Waals surface area contributed by atoms with E-state index >= 15 is 0 Å². The van der Waals surface area contributed by atoms with E-state index in [0.717, 1.165) is 32.0 Å². The summed E-state index contributed by atoms with van der Waals surface area (Å²) in [6.45, 7) is 8.56. The van der Waals surface area contributed by atoms with Crippen molar-refractivity contribution in [2.75, 3.05) is 31.1 Å². The van der Waals surface area contributed by atoms with Crippen LogP contribution in [0, 0.1) is 13.8 Å². The number of anilines is 1. The minimum Gasteiger partial charge on any atom is -0.354 e. The van der Waals surface area contributed by atoms with Crippen molar-refractivity contribution in [2.45, 2.75) is 13.8 Å². The van der Waals surface area contributed by atoms with Crippen LogP contribution >= 0.6 is 0 Å². The van der Waals surface area contributed by atoms with Gasteiger partial charge in [0, 0.05) is 32.4 Å². The summed E-state index contributed by atoms with van der Waals surface area (Å²) in [6, 6.07) is 2.07. The van der Waals surface area contributed by atoms with Crippen molar-refractivity contribution in [3.63, 3.8) is 0 Å². The lowest BCUT2D eigenvalue weighted by Gasteiger charge is -2.29. The lowest BCUT2D eigenvalue weighted by atomic mass is 10.1. The molecular weight excluding hydrogens is 174 g/mol. The smallest absolute Gasteiger partial charge is 0.131 e. The van der Waals surface area contributed by atoms with Crippen LogP contribution in [0.15, 0.2) is 12.3 Å². The molecule has 0 atom stereocenters. The van der Waals surface area contributed by atoms with Gasteiger partial charge >= 0.3 is 0 Å². The third-order valence-corrected chi connectivity index (χ3v) is 2.86. The summed E-state index contributed by atoms with van der Waals surface area (Å²) in [5, 5.41) is 3.35. The Balaban J connectivity index is 2.26. The van der Waals surface area contributed by atoms with Crippen LogP contribution < -0.4 is 10.2 Å². The summed E-state index contributed by atoms with van der Waals surface area (Å²) in [5.41, 5.74) is 2.64. The Morgan fingerprint density at radius 1 is 1.29 bits per heavy atom. The van der Waals surface area contributed by atoms with Gasteiger partial charge in [0.15, 0.2) is 0 Å². The molecule has 1 aliphatic rings. The molecule has 1 fully saturated rings. The average molecular weight is 191 g/mol. The minimum absolute atomic E-state index is 1.06. The molecule has 1 N–H and O–H groups in total. The molecule has 0 saturated carbocycles. The van der Waals surface area contributed by atoms with Crippen molar-refractivity contribution in [3.05, 3.63) is 23.4 Å². The van der Waals surface area contributed by atoms with Crippen LogP contribution in [0.5, 0.6) is 0 Å². The summed E-state index contributed by atoms with van der Waals surface area (Å²) < 4.78 is 0. The maximum absolute atomic E-state index is 4.46. The molecule has 76 valence electrons. The van der Waals surface area contributed by atoms with E-state index in [2.05, 4.69) is 35.1 Å². The maximum atomic E-state index is 4.46. The van der Waals surface area contributed by atoms with Crippen molar-refractivity contribution in [2.24, 2.45) is 0 Å². The molecule has 0 amide bonds. The van der Waals surface area contributed by atoms with Gasteiger partial charge in [0.1, 0.15) is 5.82 Å². The zero-order valence-electron chi connectivity index (χ0n) is 8.88. The van der Waals surface area contributed by atoms with E-state index < -0.39 is 0 Å². The Morgan fingerprint density at radius 3 is 2.71 bits per heavy atom. The Kier molecular flexibility index (Phi) is 2.68. The van der Waals surface area contributed by atoms with Gasteiger partial charge in [-0.25, -0.2) is 4.98 Å². The van der Waals surface area contributed by atoms with Gasteiger partial charge in [-0.05, 0) is 31.0 Å². The third kappa shape index (κ3) is 1.73. The average Bonchev–Trinajstić information content (AvgIpc) is 2.23. The van der Waals surface area contributed by atoms with Crippen LogP contribution in [0.2, 0.25) is 0 Å². The minimum atomic E-state index is 1.06. The number of aryl methyl sites for hydroxylation is 1. The summed E-state index contributed by atoms with van der Waals surface area (Å²) in [4.78, 5) is 6.82. The van der Waals surface area contributed by atoms with Gasteiger partial charge in [-0.2, -0.15) is 0 Å². The molecule has 1 aromatic heterocycles. The van der Waals surface area contributed by atoms with Crippen LogP contribution in [-0.2, 0) is 0 Å². The standard InChI is InChI=1S/C11H17N3/c1-9-3-4-13-11(10(9)2)14-7-5-12-6-8-14/h3-4,12H,5-8H2,1-2H3. The van der Waals surface area contributed by atoms with Gasteiger partial charge in [0.2, 0.25) is 0 Å². The normalized spacial score (nSPS) is 17.1. The third-order valence-electron chi connectivity index (χ3n) is 2.86. The Hall–Kier alpha value is -1.09. The van der Waals surface area contributed by atoms with Gasteiger partial charge in [-0.3, -0.25) is 0 Å². The lowest BCUT2D eigenvalue weighted by molar-refractivity contribution is 0.584. The molecule has 1 aromatic rings. The number of hydrogen-bond acceptors (Lipinski definition) is 3. The summed E-state index contributed by atoms with van der Waals surface area (Å²) in [7, 11) is 0. The summed E-state index contributed by atoms with van der Waals surface area (Å²) >= 11 is 0. The number of nitrogens with one attached hydrogen (secondary N) is 1. The second-order valence-corrected chi connectivity index (χ2v) is 3.81. The highest BCUT2D eigenvalue weighted by atomic mass is 15.2. The molecule has 0 bridgehead atoms. The van der Waals surface area contributed by atoms with Crippen LogP contribution in [0.3, 0.4) is 0 Å². The van der Waals surface area contributed by atoms with E-state index in [1.54, 1.807) is 0 Å². The predicted molar refractivity (Wildman–Crippen MR) is 58.8 cm³/mol. The fraction of sp³-hybridized carbons (Fsp3) is 0.545. The second-order valence-electron chi connectivity index (χ2n) is 3.81. The van der Waals surface area contributed by atoms with E-state index in [0.29, 0.717) is 0 Å². The predicted octanol–water partition coefficient (Wildman–Crippen LogP) is 1.11. The maximum Gasteiger partial charge on any atom is 0.131 e. The topological polar surface area (TPSA) is 28.2 Å². The largest absolute Gasteiger partial charge is 0.354 e. The number of aromatic nitrogens is 1. The molecule has 1 saturated heterocycles. The molecule has 2 rings (SSSR count). The molecule has 2 heterocycles. The van der Waals surface area contributed by atoms with E-state index in [1.165, 1.54) is 11.1 Å². The van der Waals surface area contributed by atoms with E-state index in [4.69, 9.17) is 0 Å². The van der Waals surface area contributed by atoms with E-state index in [-0.39, 0.29) is 0 Å². The fourth-order valence-corrected chi connectivity index (χ4v) is 1.81. The highest BCUT2D eigenvalue weighted by molar-refractivity contribution is 5.49. The van der Waals surface area contributed by atoms with Crippen molar-refractivity contribution >= 4 is 5.82 Å². The molecule has 1 aliphatic heterocycles. The van der Waals surface area contributed by atoms with Crippen molar-refractivity contribution in [3.8, 4) is 0 Å². The lowest BCUT2D eigenvalue weighted by Crippen LogP contribution is -2.44. The number of piperazine rings is 1. The van der Waals surface area contributed by atoms with Gasteiger partial charge < -0.3 is 10.2 Å². The molecule has 0 aromatic carbocycles. The van der Waals surface area contributed by atoms with Crippen molar-refractivity contribution in [1.82, 2.24) is 10.3 Å². The first-order valence-electron chi connectivity index (χ1n) is 5.17. The van der Waals surface area contributed by atoms with E-state index in [9.17, 15) is 0 Å². The van der Waals surface area contributed by atoms with E-state index in [1.807, 2.05) is 6.20 Å². The first-order chi connectivity index (χ1) is 6.79. The number of rotatable bonds is 1. The van der Waals surface area contributed by atoms with Gasteiger partial charge in [-0.1, -0.05) is 0 Å². The first-order valence-corrected chi connectivity index (χ1v) is 5.17. The fourth-order valence-electron chi connectivity index (χ4n) is 1.81. The second kappa shape index (κ2) is 3.96.